The maximum absolute atomic E-state index is 12.2. The van der Waals surface area contributed by atoms with Crippen molar-refractivity contribution in [3.8, 4) is 0 Å². The lowest BCUT2D eigenvalue weighted by atomic mass is 9.90. The molecule has 26 heavy (non-hydrogen) atoms. The number of carbonyl (C=O) groups excluding carboxylic acids is 1. The van der Waals surface area contributed by atoms with Gasteiger partial charge in [-0.3, -0.25) is 9.69 Å². The Morgan fingerprint density at radius 2 is 1.96 bits per heavy atom. The highest BCUT2D eigenvalue weighted by molar-refractivity contribution is 5.72. The molecule has 0 N–H and O–H groups in total. The van der Waals surface area contributed by atoms with E-state index in [0.717, 1.165) is 18.4 Å². The highest BCUT2D eigenvalue weighted by atomic mass is 16.6. The molecule has 0 radical (unpaired) electrons. The Morgan fingerprint density at radius 3 is 2.58 bits per heavy atom. The van der Waals surface area contributed by atoms with E-state index < -0.39 is 6.10 Å². The summed E-state index contributed by atoms with van der Waals surface area (Å²) in [7, 11) is 5.34. The lowest BCUT2D eigenvalue weighted by molar-refractivity contribution is -0.192. The van der Waals surface area contributed by atoms with Crippen LogP contribution in [0.5, 0.6) is 0 Å². The summed E-state index contributed by atoms with van der Waals surface area (Å²) >= 11 is 0. The van der Waals surface area contributed by atoms with Crippen molar-refractivity contribution in [3.63, 3.8) is 0 Å². The Labute approximate surface area is 158 Å². The molecule has 0 bridgehead atoms. The van der Waals surface area contributed by atoms with Crippen molar-refractivity contribution < 1.29 is 19.0 Å². The summed E-state index contributed by atoms with van der Waals surface area (Å²) < 4.78 is 17.4. The number of unbranched alkanes of at least 4 members (excludes halogenated alkanes) is 1. The topological polar surface area (TPSA) is 48.0 Å². The van der Waals surface area contributed by atoms with E-state index in [4.69, 9.17) is 14.2 Å². The van der Waals surface area contributed by atoms with Crippen LogP contribution in [0.2, 0.25) is 0 Å². The molecule has 0 aromatic carbocycles. The van der Waals surface area contributed by atoms with Crippen LogP contribution in [0, 0.1) is 5.92 Å². The normalized spacial score (nSPS) is 27.6. The zero-order chi connectivity index (χ0) is 19.5. The second kappa shape index (κ2) is 12.0. The molecule has 1 saturated heterocycles. The predicted octanol–water partition coefficient (Wildman–Crippen LogP) is 3.37. The number of ether oxygens (including phenoxy) is 3. The Balaban J connectivity index is 2.87. The molecular formula is C21H35NO4. The van der Waals surface area contributed by atoms with Gasteiger partial charge in [-0.2, -0.15) is 0 Å². The lowest BCUT2D eigenvalue weighted by Gasteiger charge is -2.40. The van der Waals surface area contributed by atoms with Crippen LogP contribution in [0.3, 0.4) is 0 Å². The molecule has 0 spiro atoms. The molecule has 148 valence electrons. The first kappa shape index (κ1) is 22.6. The van der Waals surface area contributed by atoms with Gasteiger partial charge in [-0.1, -0.05) is 50.6 Å². The van der Waals surface area contributed by atoms with Crippen LogP contribution in [-0.2, 0) is 19.0 Å². The van der Waals surface area contributed by atoms with Crippen LogP contribution in [0.4, 0.5) is 0 Å². The minimum absolute atomic E-state index is 0.161. The summed E-state index contributed by atoms with van der Waals surface area (Å²) in [5.74, 6) is -0.107. The van der Waals surface area contributed by atoms with Gasteiger partial charge in [0.05, 0.1) is 13.2 Å². The van der Waals surface area contributed by atoms with Crippen molar-refractivity contribution >= 4 is 5.97 Å². The standard InChI is InChI=1S/C21H35NO4/c1-7-8-9-10-11-12-13-16(2)20-21(26-18(23)14-22(4)5)19(24-6)17(3)15-25-20/h9-13,17,19-21H,7-8,14-15H2,1-6H3/b10-9+,12-11+,16-13+/t17-,19-,20-,21+/m0/s1. The van der Waals surface area contributed by atoms with Crippen molar-refractivity contribution in [2.24, 2.45) is 5.92 Å². The van der Waals surface area contributed by atoms with Crippen LogP contribution >= 0.6 is 0 Å². The lowest BCUT2D eigenvalue weighted by Crippen LogP contribution is -2.53. The third-order valence-electron chi connectivity index (χ3n) is 4.33. The minimum Gasteiger partial charge on any atom is -0.455 e. The van der Waals surface area contributed by atoms with E-state index in [2.05, 4.69) is 19.9 Å². The van der Waals surface area contributed by atoms with Gasteiger partial charge in [-0.05, 0) is 33.0 Å². The average molecular weight is 366 g/mol. The van der Waals surface area contributed by atoms with Gasteiger partial charge in [0.2, 0.25) is 0 Å². The number of esters is 1. The highest BCUT2D eigenvalue weighted by Crippen LogP contribution is 2.29. The number of allylic oxidation sites excluding steroid dienone is 5. The van der Waals surface area contributed by atoms with Gasteiger partial charge in [-0.25, -0.2) is 0 Å². The molecule has 0 saturated carbocycles. The monoisotopic (exact) mass is 365 g/mol. The summed E-state index contributed by atoms with van der Waals surface area (Å²) in [6, 6.07) is 0. The zero-order valence-corrected chi connectivity index (χ0v) is 17.1. The number of carbonyl (C=O) groups is 1. The zero-order valence-electron chi connectivity index (χ0n) is 17.1. The van der Waals surface area contributed by atoms with E-state index in [9.17, 15) is 4.79 Å². The van der Waals surface area contributed by atoms with Crippen molar-refractivity contribution in [1.29, 1.82) is 0 Å². The van der Waals surface area contributed by atoms with Crippen LogP contribution in [0.15, 0.2) is 36.0 Å². The molecule has 1 heterocycles. The summed E-state index contributed by atoms with van der Waals surface area (Å²) in [5, 5.41) is 0. The number of rotatable bonds is 9. The average Bonchev–Trinajstić information content (AvgIpc) is 2.57. The van der Waals surface area contributed by atoms with E-state index >= 15 is 0 Å². The molecule has 0 amide bonds. The largest absolute Gasteiger partial charge is 0.455 e. The predicted molar refractivity (Wildman–Crippen MR) is 105 cm³/mol. The van der Waals surface area contributed by atoms with Crippen LogP contribution in [0.1, 0.15) is 33.6 Å². The highest BCUT2D eigenvalue weighted by Gasteiger charge is 2.42. The molecule has 0 aromatic heterocycles. The van der Waals surface area contributed by atoms with Crippen LogP contribution < -0.4 is 0 Å². The Bertz CT molecular complexity index is 510. The van der Waals surface area contributed by atoms with E-state index in [-0.39, 0.29) is 30.6 Å². The maximum atomic E-state index is 12.2. The van der Waals surface area contributed by atoms with Crippen LogP contribution in [0.25, 0.3) is 0 Å². The smallest absolute Gasteiger partial charge is 0.320 e. The third-order valence-corrected chi connectivity index (χ3v) is 4.33. The fraction of sp³-hybridized carbons (Fsp3) is 0.667. The van der Waals surface area contributed by atoms with Gasteiger partial charge in [0, 0.05) is 13.0 Å². The first-order chi connectivity index (χ1) is 12.4. The molecule has 1 rings (SSSR count). The van der Waals surface area contributed by atoms with Gasteiger partial charge in [0.25, 0.3) is 0 Å². The summed E-state index contributed by atoms with van der Waals surface area (Å²) in [5.41, 5.74) is 1.02. The van der Waals surface area contributed by atoms with Crippen molar-refractivity contribution in [1.82, 2.24) is 4.90 Å². The van der Waals surface area contributed by atoms with Crippen molar-refractivity contribution in [3.05, 3.63) is 36.0 Å². The Hall–Kier alpha value is -1.43. The summed E-state index contributed by atoms with van der Waals surface area (Å²) in [6.45, 7) is 7.02. The molecule has 4 atom stereocenters. The Morgan fingerprint density at radius 1 is 1.23 bits per heavy atom. The second-order valence-corrected chi connectivity index (χ2v) is 7.14. The number of nitrogens with zero attached hydrogens (tertiary/aromatic N) is 1. The van der Waals surface area contributed by atoms with Gasteiger partial charge in [0.1, 0.15) is 12.2 Å². The van der Waals surface area contributed by atoms with Gasteiger partial charge in [0.15, 0.2) is 6.10 Å². The molecular weight excluding hydrogens is 330 g/mol. The Kier molecular flexibility index (Phi) is 10.5. The molecule has 0 unspecified atom stereocenters. The number of methoxy groups -OCH3 is 1. The quantitative estimate of drug-likeness (QED) is 0.463. The molecule has 0 aromatic rings. The molecule has 5 nitrogen and oxygen atoms in total. The summed E-state index contributed by atoms with van der Waals surface area (Å²) in [6.07, 6.45) is 11.5. The molecule has 1 aliphatic heterocycles. The van der Waals surface area contributed by atoms with E-state index in [1.165, 1.54) is 0 Å². The molecule has 1 fully saturated rings. The molecule has 1 aliphatic rings. The summed E-state index contributed by atoms with van der Waals surface area (Å²) in [4.78, 5) is 14.0. The fourth-order valence-corrected chi connectivity index (χ4v) is 2.98. The second-order valence-electron chi connectivity index (χ2n) is 7.14. The van der Waals surface area contributed by atoms with Crippen molar-refractivity contribution in [2.75, 3.05) is 34.4 Å². The molecule has 5 heteroatoms. The first-order valence-corrected chi connectivity index (χ1v) is 9.39. The van der Waals surface area contributed by atoms with Gasteiger partial charge >= 0.3 is 5.97 Å². The SMILES string of the molecule is CCC/C=C/C=C/C=C(\C)[C@@H]1OC[C@H](C)[C@H](OC)[C@H]1OC(=O)CN(C)C. The van der Waals surface area contributed by atoms with E-state index in [1.807, 2.05) is 45.3 Å². The van der Waals surface area contributed by atoms with Crippen molar-refractivity contribution in [2.45, 2.75) is 51.9 Å². The van der Waals surface area contributed by atoms with Gasteiger partial charge < -0.3 is 14.2 Å². The third kappa shape index (κ3) is 7.44. The number of likely N-dealkylation sites (N-methyl/N-ethyl adjacent to an activating group) is 1. The van der Waals surface area contributed by atoms with E-state index in [0.29, 0.717) is 6.61 Å². The van der Waals surface area contributed by atoms with Gasteiger partial charge in [-0.15, -0.1) is 0 Å². The minimum atomic E-state index is -0.448. The first-order valence-electron chi connectivity index (χ1n) is 9.39. The molecule has 0 aliphatic carbocycles. The van der Waals surface area contributed by atoms with E-state index in [1.54, 1.807) is 12.0 Å². The van der Waals surface area contributed by atoms with Crippen LogP contribution in [-0.4, -0.2) is 63.5 Å². The maximum Gasteiger partial charge on any atom is 0.320 e. The number of hydrogen-bond donors (Lipinski definition) is 0. The fourth-order valence-electron chi connectivity index (χ4n) is 2.98. The number of hydrogen-bond acceptors (Lipinski definition) is 5.